The topological polar surface area (TPSA) is 42.9 Å². The maximum Gasteiger partial charge on any atom is 0.215 e. The normalized spacial score (nSPS) is 10.1. The Labute approximate surface area is 99.5 Å². The van der Waals surface area contributed by atoms with E-state index in [4.69, 9.17) is 0 Å². The fourth-order valence-corrected chi connectivity index (χ4v) is 1.59. The molecule has 0 unspecified atom stereocenters. The van der Waals surface area contributed by atoms with Crippen LogP contribution >= 0.6 is 15.9 Å². The predicted octanol–water partition coefficient (Wildman–Crippen LogP) is 2.61. The van der Waals surface area contributed by atoms with Gasteiger partial charge in [0.2, 0.25) is 5.78 Å². The molecule has 0 saturated carbocycles. The quantitative estimate of drug-likeness (QED) is 0.795. The van der Waals surface area contributed by atoms with Crippen LogP contribution in [-0.4, -0.2) is 15.8 Å². The van der Waals surface area contributed by atoms with Crippen molar-refractivity contribution in [1.29, 1.82) is 0 Å². The van der Waals surface area contributed by atoms with Crippen LogP contribution in [0.25, 0.3) is 0 Å². The number of hydrogen-bond donors (Lipinski definition) is 0. The molecule has 0 amide bonds. The molecule has 3 nitrogen and oxygen atoms in total. The molecule has 0 bridgehead atoms. The van der Waals surface area contributed by atoms with Gasteiger partial charge in [-0.05, 0) is 18.2 Å². The predicted molar refractivity (Wildman–Crippen MR) is 59.6 cm³/mol. The first kappa shape index (κ1) is 10.9. The number of halogens is 2. The number of carbonyl (C=O) groups excluding carboxylic acids is 1. The van der Waals surface area contributed by atoms with E-state index < -0.39 is 11.6 Å². The number of carbonyl (C=O) groups is 1. The Balaban J connectivity index is 2.46. The highest BCUT2D eigenvalue weighted by Gasteiger charge is 2.15. The Bertz CT molecular complexity index is 531. The van der Waals surface area contributed by atoms with E-state index in [-0.39, 0.29) is 11.3 Å². The highest BCUT2D eigenvalue weighted by molar-refractivity contribution is 9.10. The van der Waals surface area contributed by atoms with E-state index in [1.165, 1.54) is 36.8 Å². The van der Waals surface area contributed by atoms with Crippen molar-refractivity contribution in [3.05, 3.63) is 58.3 Å². The largest absolute Gasteiger partial charge is 0.287 e. The minimum Gasteiger partial charge on any atom is -0.287 e. The van der Waals surface area contributed by atoms with Gasteiger partial charge in [0.05, 0.1) is 11.8 Å². The van der Waals surface area contributed by atoms with Crippen LogP contribution in [0.5, 0.6) is 0 Å². The van der Waals surface area contributed by atoms with Crippen molar-refractivity contribution in [2.45, 2.75) is 0 Å². The number of ketones is 1. The molecular weight excluding hydrogens is 275 g/mol. The van der Waals surface area contributed by atoms with Crippen molar-refractivity contribution in [3.8, 4) is 0 Å². The van der Waals surface area contributed by atoms with E-state index in [1.807, 2.05) is 0 Å². The van der Waals surface area contributed by atoms with Gasteiger partial charge >= 0.3 is 0 Å². The zero-order valence-corrected chi connectivity index (χ0v) is 9.61. The summed E-state index contributed by atoms with van der Waals surface area (Å²) in [5.74, 6) is -1.05. The molecule has 0 N–H and O–H groups in total. The minimum absolute atomic E-state index is 0.0186. The molecule has 80 valence electrons. The average molecular weight is 281 g/mol. The third-order valence-corrected chi connectivity index (χ3v) is 2.46. The van der Waals surface area contributed by atoms with Gasteiger partial charge < -0.3 is 0 Å². The highest BCUT2D eigenvalue weighted by Crippen LogP contribution is 2.17. The van der Waals surface area contributed by atoms with E-state index in [2.05, 4.69) is 25.9 Å². The van der Waals surface area contributed by atoms with Crippen LogP contribution in [-0.2, 0) is 0 Å². The number of nitrogens with zero attached hydrogens (tertiary/aromatic N) is 2. The standard InChI is InChI=1S/C11H6BrFN2O/c12-7-1-2-9(13)8(5-7)11(16)10-6-14-3-4-15-10/h1-6H. The fourth-order valence-electron chi connectivity index (χ4n) is 1.23. The molecule has 5 heteroatoms. The lowest BCUT2D eigenvalue weighted by Gasteiger charge is -2.01. The zero-order chi connectivity index (χ0) is 11.5. The maximum atomic E-state index is 13.4. The van der Waals surface area contributed by atoms with Crippen molar-refractivity contribution in [1.82, 2.24) is 9.97 Å². The van der Waals surface area contributed by atoms with Crippen LogP contribution < -0.4 is 0 Å². The fraction of sp³-hybridized carbons (Fsp3) is 0. The summed E-state index contributed by atoms with van der Waals surface area (Å²) < 4.78 is 14.1. The van der Waals surface area contributed by atoms with Crippen LogP contribution in [0.4, 0.5) is 4.39 Å². The van der Waals surface area contributed by atoms with Crippen molar-refractivity contribution < 1.29 is 9.18 Å². The Kier molecular flexibility index (Phi) is 3.05. The summed E-state index contributed by atoms with van der Waals surface area (Å²) >= 11 is 3.18. The first-order valence-corrected chi connectivity index (χ1v) is 5.23. The van der Waals surface area contributed by atoms with Gasteiger partial charge in [0, 0.05) is 16.9 Å². The van der Waals surface area contributed by atoms with Gasteiger partial charge in [0.25, 0.3) is 0 Å². The molecule has 0 atom stereocenters. The van der Waals surface area contributed by atoms with Crippen LogP contribution in [0.15, 0.2) is 41.3 Å². The lowest BCUT2D eigenvalue weighted by atomic mass is 10.1. The van der Waals surface area contributed by atoms with Gasteiger partial charge in [-0.25, -0.2) is 9.37 Å². The number of benzene rings is 1. The van der Waals surface area contributed by atoms with Gasteiger partial charge in [-0.15, -0.1) is 0 Å². The minimum atomic E-state index is -0.571. The van der Waals surface area contributed by atoms with E-state index in [1.54, 1.807) is 0 Å². The average Bonchev–Trinajstić information content (AvgIpc) is 2.32. The molecule has 16 heavy (non-hydrogen) atoms. The molecule has 0 fully saturated rings. The van der Waals surface area contributed by atoms with Gasteiger partial charge in [-0.2, -0.15) is 0 Å². The molecule has 1 aromatic heterocycles. The summed E-state index contributed by atoms with van der Waals surface area (Å²) in [5.41, 5.74) is 0.106. The molecule has 0 aliphatic carbocycles. The summed E-state index contributed by atoms with van der Waals surface area (Å²) in [4.78, 5) is 19.5. The van der Waals surface area contributed by atoms with E-state index in [0.717, 1.165) is 0 Å². The number of rotatable bonds is 2. The van der Waals surface area contributed by atoms with Crippen molar-refractivity contribution in [2.24, 2.45) is 0 Å². The Hall–Kier alpha value is -1.62. The summed E-state index contributed by atoms with van der Waals surface area (Å²) in [6, 6.07) is 4.18. The van der Waals surface area contributed by atoms with Crippen LogP contribution in [0.1, 0.15) is 16.1 Å². The second-order valence-corrected chi connectivity index (χ2v) is 3.96. The molecule has 0 spiro atoms. The van der Waals surface area contributed by atoms with Crippen molar-refractivity contribution >= 4 is 21.7 Å². The molecule has 0 aliphatic heterocycles. The SMILES string of the molecule is O=C(c1cnccn1)c1cc(Br)ccc1F. The van der Waals surface area contributed by atoms with Gasteiger partial charge in [0.1, 0.15) is 11.5 Å². The molecule has 0 radical (unpaired) electrons. The first-order chi connectivity index (χ1) is 7.68. The molecule has 0 aliphatic rings. The lowest BCUT2D eigenvalue weighted by molar-refractivity contribution is 0.103. The maximum absolute atomic E-state index is 13.4. The Morgan fingerprint density at radius 1 is 1.31 bits per heavy atom. The molecule has 1 heterocycles. The lowest BCUT2D eigenvalue weighted by Crippen LogP contribution is -2.06. The second-order valence-electron chi connectivity index (χ2n) is 3.04. The first-order valence-electron chi connectivity index (χ1n) is 4.44. The van der Waals surface area contributed by atoms with E-state index in [0.29, 0.717) is 4.47 Å². The highest BCUT2D eigenvalue weighted by atomic mass is 79.9. The summed E-state index contributed by atoms with van der Waals surface area (Å²) in [7, 11) is 0. The van der Waals surface area contributed by atoms with Gasteiger partial charge in [-0.3, -0.25) is 9.78 Å². The summed E-state index contributed by atoms with van der Waals surface area (Å²) in [6.45, 7) is 0. The third kappa shape index (κ3) is 2.14. The second kappa shape index (κ2) is 4.49. The monoisotopic (exact) mass is 280 g/mol. The van der Waals surface area contributed by atoms with Crippen molar-refractivity contribution in [3.63, 3.8) is 0 Å². The van der Waals surface area contributed by atoms with Gasteiger partial charge in [0.15, 0.2) is 0 Å². The van der Waals surface area contributed by atoms with E-state index in [9.17, 15) is 9.18 Å². The number of aromatic nitrogens is 2. The van der Waals surface area contributed by atoms with Crippen LogP contribution in [0.3, 0.4) is 0 Å². The molecule has 2 aromatic rings. The number of hydrogen-bond acceptors (Lipinski definition) is 3. The summed E-state index contributed by atoms with van der Waals surface area (Å²) in [5, 5.41) is 0. The van der Waals surface area contributed by atoms with Gasteiger partial charge in [-0.1, -0.05) is 15.9 Å². The van der Waals surface area contributed by atoms with Crippen LogP contribution in [0.2, 0.25) is 0 Å². The third-order valence-electron chi connectivity index (χ3n) is 1.97. The summed E-state index contributed by atoms with van der Waals surface area (Å²) in [6.07, 6.45) is 4.15. The molecule has 1 aromatic carbocycles. The smallest absolute Gasteiger partial charge is 0.215 e. The van der Waals surface area contributed by atoms with E-state index >= 15 is 0 Å². The Morgan fingerprint density at radius 2 is 2.12 bits per heavy atom. The molecule has 2 rings (SSSR count). The molecular formula is C11H6BrFN2O. The molecule has 0 saturated heterocycles. The Morgan fingerprint density at radius 3 is 2.81 bits per heavy atom. The zero-order valence-electron chi connectivity index (χ0n) is 8.02. The van der Waals surface area contributed by atoms with Crippen molar-refractivity contribution in [2.75, 3.05) is 0 Å². The van der Waals surface area contributed by atoms with Crippen LogP contribution in [0, 0.1) is 5.82 Å².